The van der Waals surface area contributed by atoms with E-state index in [9.17, 15) is 9.59 Å². The Hall–Kier alpha value is -1.88. The van der Waals surface area contributed by atoms with E-state index < -0.39 is 11.5 Å². The Kier molecular flexibility index (Phi) is 4.09. The second kappa shape index (κ2) is 5.63. The fraction of sp³-hybridized carbons (Fsp3) is 0.333. The maximum Gasteiger partial charge on any atom is 0.329 e. The summed E-state index contributed by atoms with van der Waals surface area (Å²) in [5.74, 6) is -1.27. The Balaban J connectivity index is 2.14. The molecule has 20 heavy (non-hydrogen) atoms. The summed E-state index contributed by atoms with van der Waals surface area (Å²) in [6.45, 7) is 3.27. The number of benzene rings is 1. The van der Waals surface area contributed by atoms with E-state index in [-0.39, 0.29) is 12.3 Å². The highest BCUT2D eigenvalue weighted by Gasteiger charge is 2.32. The van der Waals surface area contributed by atoms with E-state index in [1.807, 2.05) is 29.6 Å². The number of carbonyl (C=O) groups is 2. The molecular formula is C15H17NO3S. The van der Waals surface area contributed by atoms with Gasteiger partial charge < -0.3 is 10.4 Å². The molecule has 0 bridgehead atoms. The fourth-order valence-corrected chi connectivity index (χ4v) is 2.95. The molecule has 0 spiro atoms. The molecule has 1 atom stereocenters. The average Bonchev–Trinajstić information content (AvgIpc) is 2.82. The molecule has 2 N–H and O–H groups in total. The van der Waals surface area contributed by atoms with Gasteiger partial charge >= 0.3 is 5.97 Å². The van der Waals surface area contributed by atoms with Gasteiger partial charge in [0.2, 0.25) is 5.91 Å². The molecule has 0 radical (unpaired) electrons. The summed E-state index contributed by atoms with van der Waals surface area (Å²) in [5.41, 5.74) is -0.268. The van der Waals surface area contributed by atoms with Crippen molar-refractivity contribution in [2.24, 2.45) is 0 Å². The summed E-state index contributed by atoms with van der Waals surface area (Å²) < 4.78 is 1.13. The van der Waals surface area contributed by atoms with Crippen LogP contribution in [0, 0.1) is 0 Å². The number of carboxylic acids is 1. The summed E-state index contributed by atoms with van der Waals surface area (Å²) in [4.78, 5) is 23.3. The number of hydrogen-bond donors (Lipinski definition) is 2. The molecule has 0 saturated carbocycles. The fourth-order valence-electron chi connectivity index (χ4n) is 1.99. The molecule has 1 aromatic heterocycles. The van der Waals surface area contributed by atoms with Gasteiger partial charge in [0.15, 0.2) is 0 Å². The Labute approximate surface area is 121 Å². The van der Waals surface area contributed by atoms with Gasteiger partial charge in [0.25, 0.3) is 0 Å². The lowest BCUT2D eigenvalue weighted by Gasteiger charge is -2.24. The van der Waals surface area contributed by atoms with Crippen LogP contribution >= 0.6 is 11.3 Å². The third kappa shape index (κ3) is 2.82. The van der Waals surface area contributed by atoms with Crippen molar-refractivity contribution in [2.75, 3.05) is 0 Å². The van der Waals surface area contributed by atoms with Crippen LogP contribution in [0.1, 0.15) is 25.8 Å². The highest BCUT2D eigenvalue weighted by Crippen LogP contribution is 2.26. The molecular weight excluding hydrogens is 274 g/mol. The van der Waals surface area contributed by atoms with Crippen LogP contribution in [-0.2, 0) is 16.0 Å². The van der Waals surface area contributed by atoms with Crippen molar-refractivity contribution in [1.82, 2.24) is 5.32 Å². The molecule has 4 nitrogen and oxygen atoms in total. The number of fused-ring (bicyclic) bond motifs is 1. The molecule has 1 amide bonds. The van der Waals surface area contributed by atoms with Gasteiger partial charge in [-0.2, -0.15) is 0 Å². The third-order valence-electron chi connectivity index (χ3n) is 3.51. The van der Waals surface area contributed by atoms with Crippen LogP contribution in [0.2, 0.25) is 0 Å². The summed E-state index contributed by atoms with van der Waals surface area (Å²) in [5, 5.41) is 14.8. The summed E-state index contributed by atoms with van der Waals surface area (Å²) in [7, 11) is 0. The Morgan fingerprint density at radius 1 is 1.35 bits per heavy atom. The first kappa shape index (κ1) is 14.5. The highest BCUT2D eigenvalue weighted by atomic mass is 32.1. The minimum atomic E-state index is -1.21. The van der Waals surface area contributed by atoms with Crippen molar-refractivity contribution >= 4 is 33.3 Å². The van der Waals surface area contributed by atoms with Crippen LogP contribution in [-0.4, -0.2) is 22.5 Å². The van der Waals surface area contributed by atoms with Crippen molar-refractivity contribution in [1.29, 1.82) is 0 Å². The maximum atomic E-state index is 12.1. The maximum absolute atomic E-state index is 12.1. The lowest BCUT2D eigenvalue weighted by atomic mass is 9.98. The summed E-state index contributed by atoms with van der Waals surface area (Å²) >= 11 is 1.59. The van der Waals surface area contributed by atoms with Gasteiger partial charge in [-0.25, -0.2) is 4.79 Å². The molecule has 0 aliphatic heterocycles. The van der Waals surface area contributed by atoms with E-state index in [1.54, 1.807) is 18.3 Å². The number of carboxylic acid groups (broad SMARTS) is 1. The molecule has 0 aliphatic carbocycles. The third-order valence-corrected chi connectivity index (χ3v) is 4.52. The van der Waals surface area contributed by atoms with Crippen molar-refractivity contribution in [3.05, 3.63) is 35.2 Å². The quantitative estimate of drug-likeness (QED) is 0.890. The van der Waals surface area contributed by atoms with E-state index in [0.29, 0.717) is 6.42 Å². The zero-order chi connectivity index (χ0) is 14.8. The predicted octanol–water partition coefficient (Wildman–Crippen LogP) is 2.81. The van der Waals surface area contributed by atoms with Gasteiger partial charge in [0, 0.05) is 4.70 Å². The first-order valence-corrected chi connectivity index (χ1v) is 7.34. The smallest absolute Gasteiger partial charge is 0.329 e. The highest BCUT2D eigenvalue weighted by molar-refractivity contribution is 7.17. The van der Waals surface area contributed by atoms with E-state index in [2.05, 4.69) is 5.32 Å². The molecule has 1 aromatic carbocycles. The standard InChI is InChI=1S/C15H17NO3S/c1-3-15(2,14(18)19)16-13(17)8-10-9-20-12-7-5-4-6-11(10)12/h4-7,9H,3,8H2,1-2H3,(H,16,17)(H,18,19). The number of nitrogens with one attached hydrogen (secondary N) is 1. The van der Waals surface area contributed by atoms with Gasteiger partial charge in [-0.1, -0.05) is 25.1 Å². The lowest BCUT2D eigenvalue weighted by Crippen LogP contribution is -2.52. The molecule has 0 aliphatic rings. The molecule has 106 valence electrons. The van der Waals surface area contributed by atoms with Crippen molar-refractivity contribution < 1.29 is 14.7 Å². The average molecular weight is 291 g/mol. The molecule has 0 saturated heterocycles. The zero-order valence-electron chi connectivity index (χ0n) is 11.5. The predicted molar refractivity (Wildman–Crippen MR) is 80.0 cm³/mol. The van der Waals surface area contributed by atoms with Gasteiger partial charge in [-0.15, -0.1) is 11.3 Å². The van der Waals surface area contributed by atoms with E-state index in [4.69, 9.17) is 5.11 Å². The number of amides is 1. The number of thiophene rings is 1. The van der Waals surface area contributed by atoms with Gasteiger partial charge in [-0.3, -0.25) is 4.79 Å². The normalized spacial score (nSPS) is 13.9. The Morgan fingerprint density at radius 2 is 2.05 bits per heavy atom. The number of hydrogen-bond acceptors (Lipinski definition) is 3. The number of rotatable bonds is 5. The molecule has 5 heteroatoms. The summed E-state index contributed by atoms with van der Waals surface area (Å²) in [6, 6.07) is 7.88. The van der Waals surface area contributed by atoms with Gasteiger partial charge in [0.05, 0.1) is 6.42 Å². The lowest BCUT2D eigenvalue weighted by molar-refractivity contribution is -0.146. The van der Waals surface area contributed by atoms with Crippen molar-refractivity contribution in [3.63, 3.8) is 0 Å². The van der Waals surface area contributed by atoms with Crippen LogP contribution in [0.3, 0.4) is 0 Å². The van der Waals surface area contributed by atoms with Crippen LogP contribution in [0.15, 0.2) is 29.6 Å². The number of aliphatic carboxylic acids is 1. The molecule has 2 aromatic rings. The van der Waals surface area contributed by atoms with Crippen LogP contribution in [0.4, 0.5) is 0 Å². The first-order chi connectivity index (χ1) is 9.46. The van der Waals surface area contributed by atoms with Gasteiger partial charge in [0.1, 0.15) is 5.54 Å². The molecule has 2 rings (SSSR count). The Bertz CT molecular complexity index is 649. The van der Waals surface area contributed by atoms with E-state index in [0.717, 1.165) is 15.6 Å². The van der Waals surface area contributed by atoms with E-state index >= 15 is 0 Å². The molecule has 1 unspecified atom stereocenters. The van der Waals surface area contributed by atoms with E-state index in [1.165, 1.54) is 6.92 Å². The molecule has 1 heterocycles. The first-order valence-electron chi connectivity index (χ1n) is 6.46. The largest absolute Gasteiger partial charge is 0.480 e. The van der Waals surface area contributed by atoms with Crippen LogP contribution < -0.4 is 5.32 Å². The SMILES string of the molecule is CCC(C)(NC(=O)Cc1csc2ccccc12)C(=O)O. The minimum absolute atomic E-state index is 0.201. The zero-order valence-corrected chi connectivity index (χ0v) is 12.3. The monoisotopic (exact) mass is 291 g/mol. The van der Waals surface area contributed by atoms with Crippen molar-refractivity contribution in [3.8, 4) is 0 Å². The van der Waals surface area contributed by atoms with Crippen LogP contribution in [0.25, 0.3) is 10.1 Å². The molecule has 0 fully saturated rings. The van der Waals surface area contributed by atoms with Crippen molar-refractivity contribution in [2.45, 2.75) is 32.2 Å². The second-order valence-corrected chi connectivity index (χ2v) is 5.88. The topological polar surface area (TPSA) is 66.4 Å². The number of carbonyl (C=O) groups excluding carboxylic acids is 1. The van der Waals surface area contributed by atoms with Crippen LogP contribution in [0.5, 0.6) is 0 Å². The minimum Gasteiger partial charge on any atom is -0.480 e. The van der Waals surface area contributed by atoms with Gasteiger partial charge in [-0.05, 0) is 35.7 Å². The second-order valence-electron chi connectivity index (χ2n) is 4.97. The summed E-state index contributed by atoms with van der Waals surface area (Å²) in [6.07, 6.45) is 0.547. The Morgan fingerprint density at radius 3 is 2.70 bits per heavy atom.